The number of hydrogen-bond donors (Lipinski definition) is 1. The standard InChI is InChI=1S/C24H30F6N4OS.2ClH/c1-3-33(4-2)12-9-31-21-20(36-22(35)32-21)13-16-7-10-34(11-8-16)15-17-5-6-18(23(25,26)27)14-19(17)24(28,29)30;;/h5-6,13-14,16H,3-4,7-12,15H2,1-2H3,(H,31,32,35);2*1H. The minimum Gasteiger partial charge on any atom is -0.302 e. The number of amides is 1. The predicted molar refractivity (Wildman–Crippen MR) is 143 cm³/mol. The maximum atomic E-state index is 13.5. The molecule has 2 aliphatic rings. The van der Waals surface area contributed by atoms with Crippen molar-refractivity contribution in [3.05, 3.63) is 45.9 Å². The van der Waals surface area contributed by atoms with Gasteiger partial charge in [-0.05, 0) is 74.4 Å². The molecule has 2 fully saturated rings. The molecule has 14 heteroatoms. The minimum absolute atomic E-state index is 0. The van der Waals surface area contributed by atoms with E-state index in [9.17, 15) is 31.1 Å². The van der Waals surface area contributed by atoms with Gasteiger partial charge in [-0.3, -0.25) is 14.7 Å². The zero-order valence-electron chi connectivity index (χ0n) is 21.0. The summed E-state index contributed by atoms with van der Waals surface area (Å²) in [5.41, 5.74) is -2.73. The highest BCUT2D eigenvalue weighted by Gasteiger charge is 2.38. The molecule has 5 nitrogen and oxygen atoms in total. The summed E-state index contributed by atoms with van der Waals surface area (Å²) in [6.45, 7) is 8.23. The molecule has 1 amide bonds. The molecule has 0 radical (unpaired) electrons. The van der Waals surface area contributed by atoms with E-state index in [-0.39, 0.29) is 54.1 Å². The molecule has 0 atom stereocenters. The Bertz CT molecular complexity index is 991. The smallest absolute Gasteiger partial charge is 0.302 e. The molecule has 38 heavy (non-hydrogen) atoms. The Hall–Kier alpha value is -1.47. The van der Waals surface area contributed by atoms with Crippen LogP contribution in [0.25, 0.3) is 0 Å². The molecular formula is C24H32Cl2F6N4OS. The quantitative estimate of drug-likeness (QED) is 0.328. The number of nitrogens with one attached hydrogen (secondary N) is 1. The van der Waals surface area contributed by atoms with Gasteiger partial charge in [0.1, 0.15) is 5.84 Å². The Morgan fingerprint density at radius 2 is 1.71 bits per heavy atom. The van der Waals surface area contributed by atoms with Crippen LogP contribution in [-0.2, 0) is 18.9 Å². The number of allylic oxidation sites excluding steroid dienone is 1. The largest absolute Gasteiger partial charge is 0.416 e. The van der Waals surface area contributed by atoms with Gasteiger partial charge in [0, 0.05) is 13.1 Å². The number of hydrogen-bond acceptors (Lipinski definition) is 5. The van der Waals surface area contributed by atoms with Crippen LogP contribution in [0.3, 0.4) is 0 Å². The van der Waals surface area contributed by atoms with Gasteiger partial charge in [-0.25, -0.2) is 0 Å². The molecule has 3 rings (SSSR count). The summed E-state index contributed by atoms with van der Waals surface area (Å²) in [7, 11) is 0. The molecule has 2 heterocycles. The van der Waals surface area contributed by atoms with Crippen LogP contribution >= 0.6 is 36.6 Å². The van der Waals surface area contributed by atoms with Gasteiger partial charge in [0.05, 0.1) is 22.6 Å². The number of carbonyl (C=O) groups excluding carboxylic acids is 1. The van der Waals surface area contributed by atoms with Crippen LogP contribution in [-0.4, -0.2) is 60.1 Å². The molecule has 0 aromatic heterocycles. The number of carbonyl (C=O) groups is 1. The van der Waals surface area contributed by atoms with Crippen LogP contribution < -0.4 is 5.32 Å². The van der Waals surface area contributed by atoms with E-state index in [0.717, 1.165) is 42.4 Å². The summed E-state index contributed by atoms with van der Waals surface area (Å²) in [6.07, 6.45) is -6.40. The maximum absolute atomic E-state index is 13.5. The van der Waals surface area contributed by atoms with Crippen LogP contribution in [0.1, 0.15) is 43.4 Å². The van der Waals surface area contributed by atoms with Gasteiger partial charge in [-0.1, -0.05) is 26.0 Å². The molecule has 0 aliphatic carbocycles. The van der Waals surface area contributed by atoms with Crippen molar-refractivity contribution < 1.29 is 31.1 Å². The third-order valence-electron chi connectivity index (χ3n) is 6.39. The van der Waals surface area contributed by atoms with Crippen molar-refractivity contribution in [2.75, 3.05) is 39.3 Å². The lowest BCUT2D eigenvalue weighted by molar-refractivity contribution is -0.143. The van der Waals surface area contributed by atoms with Gasteiger partial charge in [0.15, 0.2) is 0 Å². The van der Waals surface area contributed by atoms with Crippen molar-refractivity contribution in [3.63, 3.8) is 0 Å². The fraction of sp³-hybridized carbons (Fsp3) is 0.583. The molecule has 2 aliphatic heterocycles. The lowest BCUT2D eigenvalue weighted by Crippen LogP contribution is -2.33. The number of thioether (sulfide) groups is 1. The number of aliphatic imine (C=N–C) groups is 1. The van der Waals surface area contributed by atoms with E-state index in [1.807, 2.05) is 11.0 Å². The Labute approximate surface area is 235 Å². The van der Waals surface area contributed by atoms with Gasteiger partial charge in [-0.2, -0.15) is 26.3 Å². The SMILES string of the molecule is CCN(CC)CCN=C1NC(=O)SC1=CC1CCN(Cc2ccc(C(F)(F)F)cc2C(F)(F)F)CC1.Cl.Cl. The number of amidine groups is 1. The topological polar surface area (TPSA) is 47.9 Å². The molecule has 216 valence electrons. The lowest BCUT2D eigenvalue weighted by atomic mass is 9.95. The molecular weight excluding hydrogens is 577 g/mol. The van der Waals surface area contributed by atoms with Gasteiger partial charge in [0.25, 0.3) is 5.24 Å². The minimum atomic E-state index is -4.88. The Morgan fingerprint density at radius 1 is 1.08 bits per heavy atom. The monoisotopic (exact) mass is 608 g/mol. The van der Waals surface area contributed by atoms with Crippen molar-refractivity contribution in [1.82, 2.24) is 15.1 Å². The third kappa shape index (κ3) is 9.62. The second-order valence-electron chi connectivity index (χ2n) is 8.78. The number of likely N-dealkylation sites (tertiary alicyclic amines) is 1. The van der Waals surface area contributed by atoms with Crippen LogP contribution in [0.2, 0.25) is 0 Å². The first-order valence-corrected chi connectivity index (χ1v) is 12.7. The molecule has 0 bridgehead atoms. The van der Waals surface area contributed by atoms with Crippen molar-refractivity contribution in [1.29, 1.82) is 0 Å². The van der Waals surface area contributed by atoms with Crippen molar-refractivity contribution in [2.24, 2.45) is 10.9 Å². The first-order valence-electron chi connectivity index (χ1n) is 11.9. The summed E-state index contributed by atoms with van der Waals surface area (Å²) in [6, 6.07) is 1.81. The summed E-state index contributed by atoms with van der Waals surface area (Å²) in [5.74, 6) is 0.679. The van der Waals surface area contributed by atoms with E-state index in [0.29, 0.717) is 44.4 Å². The maximum Gasteiger partial charge on any atom is 0.416 e. The third-order valence-corrected chi connectivity index (χ3v) is 7.23. The van der Waals surface area contributed by atoms with Crippen LogP contribution in [0, 0.1) is 5.92 Å². The second-order valence-corrected chi connectivity index (χ2v) is 9.80. The summed E-state index contributed by atoms with van der Waals surface area (Å²) in [5, 5.41) is 2.58. The highest BCUT2D eigenvalue weighted by molar-refractivity contribution is 8.18. The van der Waals surface area contributed by atoms with E-state index in [1.54, 1.807) is 0 Å². The van der Waals surface area contributed by atoms with Crippen LogP contribution in [0.15, 0.2) is 34.2 Å². The average Bonchev–Trinajstić information content (AvgIpc) is 3.15. The number of piperidine rings is 1. The Balaban J connectivity index is 0.00000361. The number of likely N-dealkylation sites (N-methyl/N-ethyl adjacent to an activating group) is 1. The molecule has 0 unspecified atom stereocenters. The van der Waals surface area contributed by atoms with Crippen molar-refractivity contribution in [2.45, 2.75) is 45.6 Å². The van der Waals surface area contributed by atoms with Crippen molar-refractivity contribution in [3.8, 4) is 0 Å². The first kappa shape index (κ1) is 34.6. The second kappa shape index (κ2) is 14.8. The van der Waals surface area contributed by atoms with E-state index < -0.39 is 23.5 Å². The van der Waals surface area contributed by atoms with Gasteiger partial charge in [0.2, 0.25) is 0 Å². The highest BCUT2D eigenvalue weighted by Crippen LogP contribution is 2.38. The zero-order valence-corrected chi connectivity index (χ0v) is 23.4. The predicted octanol–water partition coefficient (Wildman–Crippen LogP) is 6.86. The summed E-state index contributed by atoms with van der Waals surface area (Å²) >= 11 is 1.09. The van der Waals surface area contributed by atoms with E-state index in [4.69, 9.17) is 0 Å². The van der Waals surface area contributed by atoms with Crippen molar-refractivity contribution >= 4 is 47.7 Å². The number of benzene rings is 1. The molecule has 1 aromatic rings. The number of rotatable bonds is 8. The zero-order chi connectivity index (χ0) is 26.5. The average molecular weight is 610 g/mol. The molecule has 0 saturated carbocycles. The Morgan fingerprint density at radius 3 is 2.26 bits per heavy atom. The van der Waals surface area contributed by atoms with Gasteiger partial charge < -0.3 is 10.2 Å². The fourth-order valence-electron chi connectivity index (χ4n) is 4.29. The number of alkyl halides is 6. The van der Waals surface area contributed by atoms with E-state index in [1.165, 1.54) is 0 Å². The van der Waals surface area contributed by atoms with Gasteiger partial charge >= 0.3 is 12.4 Å². The number of nitrogens with zero attached hydrogens (tertiary/aromatic N) is 3. The molecule has 0 spiro atoms. The summed E-state index contributed by atoms with van der Waals surface area (Å²) < 4.78 is 79.1. The highest BCUT2D eigenvalue weighted by atomic mass is 35.5. The summed E-state index contributed by atoms with van der Waals surface area (Å²) in [4.78, 5) is 21.3. The first-order chi connectivity index (χ1) is 16.9. The lowest BCUT2D eigenvalue weighted by Gasteiger charge is -2.31. The van der Waals surface area contributed by atoms with E-state index in [2.05, 4.69) is 29.1 Å². The fourth-order valence-corrected chi connectivity index (χ4v) is 5.11. The molecule has 2 saturated heterocycles. The van der Waals surface area contributed by atoms with Crippen LogP contribution in [0.5, 0.6) is 0 Å². The van der Waals surface area contributed by atoms with Gasteiger partial charge in [-0.15, -0.1) is 24.8 Å². The molecule has 1 N–H and O–H groups in total. The van der Waals surface area contributed by atoms with E-state index >= 15 is 0 Å². The number of halogens is 8. The normalized spacial score (nSPS) is 19.6. The van der Waals surface area contributed by atoms with Crippen LogP contribution in [0.4, 0.5) is 31.1 Å². The Kier molecular flexibility index (Phi) is 13.4. The molecule has 1 aromatic carbocycles.